The fourth-order valence-corrected chi connectivity index (χ4v) is 5.60. The van der Waals surface area contributed by atoms with Crippen LogP contribution in [-0.4, -0.2) is 4.57 Å². The van der Waals surface area contributed by atoms with Crippen molar-refractivity contribution in [3.05, 3.63) is 54.1 Å². The molecule has 0 saturated carbocycles. The minimum absolute atomic E-state index is 1.04. The number of benzene rings is 1. The Balaban J connectivity index is 1.60. The monoisotopic (exact) mass is 509 g/mol. The van der Waals surface area contributed by atoms with E-state index in [2.05, 4.69) is 65.7 Å². The Morgan fingerprint density at radius 3 is 1.51 bits per heavy atom. The largest absolute Gasteiger partial charge is 0.260 e. The van der Waals surface area contributed by atoms with Gasteiger partial charge in [0.05, 0.1) is 19.5 Å². The second-order valence-corrected chi connectivity index (χ2v) is 11.5. The average molecular weight is 510 g/mol. The van der Waals surface area contributed by atoms with Gasteiger partial charge in [0.15, 0.2) is 0 Å². The van der Waals surface area contributed by atoms with E-state index in [4.69, 9.17) is 0 Å². The zero-order valence-corrected chi connectivity index (χ0v) is 24.9. The van der Waals surface area contributed by atoms with Gasteiger partial charge >= 0.3 is 0 Å². The fraction of sp³-hybridized carbons (Fsp3) is 0.743. The number of rotatable bonds is 25. The second kappa shape index (κ2) is 22.4. The van der Waals surface area contributed by atoms with Crippen LogP contribution in [0.1, 0.15) is 160 Å². The highest BCUT2D eigenvalue weighted by molar-refractivity contribution is 5.18. The minimum Gasteiger partial charge on any atom is -0.234 e. The van der Waals surface area contributed by atoms with E-state index in [1.807, 2.05) is 0 Å². The van der Waals surface area contributed by atoms with Crippen LogP contribution in [0.25, 0.3) is 0 Å². The van der Waals surface area contributed by atoms with Crippen molar-refractivity contribution >= 4 is 0 Å². The summed E-state index contributed by atoms with van der Waals surface area (Å²) in [5, 5.41) is 0. The Hall–Kier alpha value is -1.57. The van der Waals surface area contributed by atoms with Gasteiger partial charge in [-0.1, -0.05) is 153 Å². The molecule has 0 bridgehead atoms. The van der Waals surface area contributed by atoms with Crippen LogP contribution in [-0.2, 0) is 19.5 Å². The van der Waals surface area contributed by atoms with E-state index in [0.717, 1.165) is 6.42 Å². The fourth-order valence-electron chi connectivity index (χ4n) is 5.60. The summed E-state index contributed by atoms with van der Waals surface area (Å²) in [6.45, 7) is 6.94. The van der Waals surface area contributed by atoms with Gasteiger partial charge in [0.2, 0.25) is 0 Å². The summed E-state index contributed by atoms with van der Waals surface area (Å²) in [5.74, 6) is 1.49. The first-order chi connectivity index (χ1) is 18.3. The molecule has 2 heteroatoms. The van der Waals surface area contributed by atoms with E-state index in [1.54, 1.807) is 0 Å². The van der Waals surface area contributed by atoms with Crippen LogP contribution in [0.4, 0.5) is 0 Å². The molecule has 0 amide bonds. The van der Waals surface area contributed by atoms with Gasteiger partial charge in [0.25, 0.3) is 5.82 Å². The van der Waals surface area contributed by atoms with Gasteiger partial charge in [-0.2, -0.15) is 0 Å². The summed E-state index contributed by atoms with van der Waals surface area (Å²) in [4.78, 5) is 0. The first-order valence-electron chi connectivity index (χ1n) is 16.5. The van der Waals surface area contributed by atoms with Crippen molar-refractivity contribution in [2.45, 2.75) is 168 Å². The molecule has 1 aromatic carbocycles. The molecule has 0 fully saturated rings. The number of hydrogen-bond donors (Lipinski definition) is 0. The number of aromatic nitrogens is 2. The lowest BCUT2D eigenvalue weighted by molar-refractivity contribution is -0.703. The van der Waals surface area contributed by atoms with Crippen LogP contribution in [0.3, 0.4) is 0 Å². The number of aryl methyl sites for hydroxylation is 2. The van der Waals surface area contributed by atoms with Crippen LogP contribution in [0.5, 0.6) is 0 Å². The lowest BCUT2D eigenvalue weighted by Crippen LogP contribution is -2.37. The molecule has 2 nitrogen and oxygen atoms in total. The highest BCUT2D eigenvalue weighted by atomic mass is 15.1. The van der Waals surface area contributed by atoms with Crippen LogP contribution in [0.2, 0.25) is 0 Å². The maximum absolute atomic E-state index is 2.55. The van der Waals surface area contributed by atoms with Gasteiger partial charge in [-0.15, -0.1) is 0 Å². The number of hydrogen-bond acceptors (Lipinski definition) is 0. The highest BCUT2D eigenvalue weighted by Gasteiger charge is 2.17. The molecule has 0 saturated heterocycles. The van der Waals surface area contributed by atoms with Gasteiger partial charge in [-0.3, -0.25) is 0 Å². The normalized spacial score (nSPS) is 11.4. The number of unbranched alkanes of at least 4 members (excludes halogenated alkanes) is 19. The zero-order chi connectivity index (χ0) is 26.2. The predicted molar refractivity (Wildman–Crippen MR) is 162 cm³/mol. The van der Waals surface area contributed by atoms with Crippen molar-refractivity contribution in [2.75, 3.05) is 0 Å². The first-order valence-corrected chi connectivity index (χ1v) is 16.5. The van der Waals surface area contributed by atoms with Crippen LogP contribution in [0.15, 0.2) is 42.7 Å². The van der Waals surface area contributed by atoms with E-state index >= 15 is 0 Å². The Morgan fingerprint density at radius 2 is 1.00 bits per heavy atom. The van der Waals surface area contributed by atoms with Crippen molar-refractivity contribution in [2.24, 2.45) is 0 Å². The number of nitrogens with zero attached hydrogens (tertiary/aromatic N) is 2. The van der Waals surface area contributed by atoms with Gasteiger partial charge in [0.1, 0.15) is 12.4 Å². The standard InChI is InChI=1S/C35H61N2/c1-3-5-7-9-11-12-13-14-15-16-17-18-19-21-26-30-37-32-31-36(29-25-20-10-8-6-4-2)35(37)33-34-27-23-22-24-28-34/h22-24,27-28,31-32H,3-21,25-26,29-30,33H2,1-2H3/q+1. The van der Waals surface area contributed by atoms with E-state index in [0.29, 0.717) is 0 Å². The Morgan fingerprint density at radius 1 is 0.541 bits per heavy atom. The SMILES string of the molecule is CCCCCCCCCCCCCCCCC[n+]1ccn(CCCCCCCC)c1Cc1ccccc1. The number of imidazole rings is 1. The van der Waals surface area contributed by atoms with E-state index < -0.39 is 0 Å². The summed E-state index contributed by atoms with van der Waals surface area (Å²) in [6, 6.07) is 11.0. The van der Waals surface area contributed by atoms with Gasteiger partial charge in [-0.25, -0.2) is 9.13 Å². The quantitative estimate of drug-likeness (QED) is 0.0929. The second-order valence-electron chi connectivity index (χ2n) is 11.5. The third-order valence-electron chi connectivity index (χ3n) is 8.05. The molecule has 210 valence electrons. The molecule has 2 aromatic rings. The summed E-state index contributed by atoms with van der Waals surface area (Å²) in [6.07, 6.45) is 35.4. The third kappa shape index (κ3) is 15.4. The van der Waals surface area contributed by atoms with Gasteiger partial charge in [-0.05, 0) is 31.2 Å². The highest BCUT2D eigenvalue weighted by Crippen LogP contribution is 2.14. The molecule has 0 radical (unpaired) electrons. The average Bonchev–Trinajstić information content (AvgIpc) is 3.29. The van der Waals surface area contributed by atoms with Gasteiger partial charge in [0, 0.05) is 0 Å². The first kappa shape index (κ1) is 31.6. The molecule has 0 N–H and O–H groups in total. The smallest absolute Gasteiger partial charge is 0.234 e. The Bertz CT molecular complexity index is 748. The Labute approximate surface area is 231 Å². The summed E-state index contributed by atoms with van der Waals surface area (Å²) < 4.78 is 5.09. The zero-order valence-electron chi connectivity index (χ0n) is 24.9. The lowest BCUT2D eigenvalue weighted by atomic mass is 10.0. The molecule has 1 heterocycles. The topological polar surface area (TPSA) is 8.81 Å². The molecule has 0 aliphatic rings. The van der Waals surface area contributed by atoms with Crippen LogP contribution < -0.4 is 4.57 Å². The molecular formula is C35H61N2+. The van der Waals surface area contributed by atoms with Crippen molar-refractivity contribution in [1.29, 1.82) is 0 Å². The summed E-state index contributed by atoms with van der Waals surface area (Å²) in [5.41, 5.74) is 1.43. The summed E-state index contributed by atoms with van der Waals surface area (Å²) in [7, 11) is 0. The minimum atomic E-state index is 1.04. The lowest BCUT2D eigenvalue weighted by Gasteiger charge is -2.07. The predicted octanol–water partition coefficient (Wildman–Crippen LogP) is 10.6. The summed E-state index contributed by atoms with van der Waals surface area (Å²) >= 11 is 0. The third-order valence-corrected chi connectivity index (χ3v) is 8.05. The Kier molecular flexibility index (Phi) is 19.2. The van der Waals surface area contributed by atoms with Crippen molar-refractivity contribution in [1.82, 2.24) is 4.57 Å². The molecule has 0 unspecified atom stereocenters. The van der Waals surface area contributed by atoms with E-state index in [9.17, 15) is 0 Å². The van der Waals surface area contributed by atoms with Crippen molar-refractivity contribution in [3.8, 4) is 0 Å². The van der Waals surface area contributed by atoms with Gasteiger partial charge < -0.3 is 0 Å². The van der Waals surface area contributed by atoms with E-state index in [1.165, 1.54) is 159 Å². The van der Waals surface area contributed by atoms with Crippen LogP contribution in [0, 0.1) is 0 Å². The molecular weight excluding hydrogens is 448 g/mol. The van der Waals surface area contributed by atoms with E-state index in [-0.39, 0.29) is 0 Å². The maximum Gasteiger partial charge on any atom is 0.260 e. The molecule has 2 rings (SSSR count). The van der Waals surface area contributed by atoms with Crippen molar-refractivity contribution in [3.63, 3.8) is 0 Å². The molecule has 0 spiro atoms. The molecule has 0 aliphatic heterocycles. The maximum atomic E-state index is 2.55. The molecule has 1 aromatic heterocycles. The molecule has 0 atom stereocenters. The molecule has 0 aliphatic carbocycles. The van der Waals surface area contributed by atoms with Crippen molar-refractivity contribution < 1.29 is 4.57 Å². The van der Waals surface area contributed by atoms with Crippen LogP contribution >= 0.6 is 0 Å². The molecule has 37 heavy (non-hydrogen) atoms.